The average molecular weight is 305 g/mol. The molecular weight excluding hydrogens is 286 g/mol. The summed E-state index contributed by atoms with van der Waals surface area (Å²) in [5, 5.41) is 14.7. The molecule has 0 saturated carbocycles. The Kier molecular flexibility index (Phi) is 5.30. The lowest BCUT2D eigenvalue weighted by Gasteiger charge is -2.20. The van der Waals surface area contributed by atoms with Crippen molar-refractivity contribution in [2.45, 2.75) is 13.8 Å². The minimum Gasteiger partial charge on any atom is -0.395 e. The maximum atomic E-state index is 12.0. The number of nitrogens with one attached hydrogen (secondary N) is 1. The number of anilines is 1. The van der Waals surface area contributed by atoms with Crippen molar-refractivity contribution in [3.63, 3.8) is 0 Å². The third kappa shape index (κ3) is 4.03. The van der Waals surface area contributed by atoms with Crippen LogP contribution >= 0.6 is 11.3 Å². The van der Waals surface area contributed by atoms with Crippen LogP contribution in [0.1, 0.15) is 12.6 Å². The van der Waals surface area contributed by atoms with Crippen LogP contribution in [0.25, 0.3) is 10.6 Å². The first-order chi connectivity index (χ1) is 10.1. The number of carbonyl (C=O) groups is 1. The van der Waals surface area contributed by atoms with Gasteiger partial charge in [0.2, 0.25) is 0 Å². The highest BCUT2D eigenvalue weighted by molar-refractivity contribution is 7.13. The van der Waals surface area contributed by atoms with Crippen molar-refractivity contribution in [3.05, 3.63) is 35.3 Å². The first kappa shape index (κ1) is 15.5. The number of carbonyl (C=O) groups excluding carboxylic acids is 1. The van der Waals surface area contributed by atoms with Crippen molar-refractivity contribution in [1.29, 1.82) is 0 Å². The normalized spacial score (nSPS) is 10.4. The molecule has 0 bridgehead atoms. The van der Waals surface area contributed by atoms with Crippen LogP contribution in [0.15, 0.2) is 29.6 Å². The molecule has 0 fully saturated rings. The molecular formula is C15H19N3O2S. The molecule has 2 rings (SSSR count). The summed E-state index contributed by atoms with van der Waals surface area (Å²) in [5.74, 6) is 0. The Morgan fingerprint density at radius 1 is 1.38 bits per heavy atom. The molecule has 0 aliphatic heterocycles. The van der Waals surface area contributed by atoms with Crippen LogP contribution < -0.4 is 5.32 Å². The smallest absolute Gasteiger partial charge is 0.321 e. The van der Waals surface area contributed by atoms with Crippen molar-refractivity contribution in [1.82, 2.24) is 9.88 Å². The minimum atomic E-state index is -0.204. The Labute approximate surface area is 128 Å². The largest absolute Gasteiger partial charge is 0.395 e. The highest BCUT2D eigenvalue weighted by Crippen LogP contribution is 2.24. The molecule has 5 nitrogen and oxygen atoms in total. The van der Waals surface area contributed by atoms with Crippen molar-refractivity contribution < 1.29 is 9.90 Å². The van der Waals surface area contributed by atoms with Gasteiger partial charge in [-0.05, 0) is 38.1 Å². The summed E-state index contributed by atoms with van der Waals surface area (Å²) < 4.78 is 0. The number of aromatic nitrogens is 1. The Hall–Kier alpha value is -1.92. The number of aliphatic hydroxyl groups excluding tert-OH is 1. The molecule has 1 aromatic carbocycles. The first-order valence-corrected chi connectivity index (χ1v) is 7.71. The zero-order valence-corrected chi connectivity index (χ0v) is 13.0. The van der Waals surface area contributed by atoms with E-state index in [4.69, 9.17) is 5.11 Å². The Bertz CT molecular complexity index is 595. The quantitative estimate of drug-likeness (QED) is 0.892. The van der Waals surface area contributed by atoms with E-state index in [9.17, 15) is 4.79 Å². The average Bonchev–Trinajstić information content (AvgIpc) is 2.92. The number of urea groups is 1. The highest BCUT2D eigenvalue weighted by atomic mass is 32.1. The summed E-state index contributed by atoms with van der Waals surface area (Å²) in [6.45, 7) is 4.70. The molecule has 0 spiro atoms. The summed E-state index contributed by atoms with van der Waals surface area (Å²) in [4.78, 5) is 18.0. The molecule has 0 unspecified atom stereocenters. The van der Waals surface area contributed by atoms with E-state index in [1.54, 1.807) is 16.2 Å². The maximum absolute atomic E-state index is 12.0. The maximum Gasteiger partial charge on any atom is 0.321 e. The number of thiazole rings is 1. The number of likely N-dealkylation sites (N-methyl/N-ethyl adjacent to an activating group) is 1. The van der Waals surface area contributed by atoms with E-state index in [1.165, 1.54) is 0 Å². The van der Waals surface area contributed by atoms with Gasteiger partial charge in [0, 0.05) is 35.4 Å². The Morgan fingerprint density at radius 3 is 2.62 bits per heavy atom. The number of aryl methyl sites for hydroxylation is 1. The van der Waals surface area contributed by atoms with Crippen LogP contribution in [0.2, 0.25) is 0 Å². The van der Waals surface area contributed by atoms with Gasteiger partial charge in [0.25, 0.3) is 0 Å². The van der Waals surface area contributed by atoms with E-state index in [0.717, 1.165) is 22.0 Å². The highest BCUT2D eigenvalue weighted by Gasteiger charge is 2.11. The van der Waals surface area contributed by atoms with E-state index in [1.807, 2.05) is 43.5 Å². The topological polar surface area (TPSA) is 65.5 Å². The van der Waals surface area contributed by atoms with E-state index >= 15 is 0 Å². The zero-order chi connectivity index (χ0) is 15.2. The molecule has 1 aromatic heterocycles. The molecule has 21 heavy (non-hydrogen) atoms. The number of hydrogen-bond donors (Lipinski definition) is 2. The van der Waals surface area contributed by atoms with Gasteiger partial charge in [0.1, 0.15) is 5.01 Å². The molecule has 2 N–H and O–H groups in total. The van der Waals surface area contributed by atoms with Crippen LogP contribution in [0.4, 0.5) is 10.5 Å². The number of hydrogen-bond acceptors (Lipinski definition) is 4. The molecule has 0 aliphatic carbocycles. The fraction of sp³-hybridized carbons (Fsp3) is 0.333. The van der Waals surface area contributed by atoms with Crippen molar-refractivity contribution in [3.8, 4) is 10.6 Å². The Morgan fingerprint density at radius 2 is 2.10 bits per heavy atom. The number of aliphatic hydroxyl groups is 1. The van der Waals surface area contributed by atoms with Crippen LogP contribution in [0, 0.1) is 6.92 Å². The van der Waals surface area contributed by atoms with Crippen molar-refractivity contribution in [2.75, 3.05) is 25.0 Å². The third-order valence-corrected chi connectivity index (χ3v) is 4.05. The minimum absolute atomic E-state index is 0.0381. The summed E-state index contributed by atoms with van der Waals surface area (Å²) in [7, 11) is 0. The van der Waals surface area contributed by atoms with Gasteiger partial charge >= 0.3 is 6.03 Å². The van der Waals surface area contributed by atoms with Crippen molar-refractivity contribution in [2.24, 2.45) is 0 Å². The molecule has 0 aliphatic rings. The second-order valence-corrected chi connectivity index (χ2v) is 5.46. The van der Waals surface area contributed by atoms with Crippen LogP contribution in [-0.2, 0) is 0 Å². The van der Waals surface area contributed by atoms with Crippen LogP contribution in [0.5, 0.6) is 0 Å². The number of benzene rings is 1. The molecule has 2 amide bonds. The van der Waals surface area contributed by atoms with Gasteiger partial charge in [-0.2, -0.15) is 0 Å². The summed E-state index contributed by atoms with van der Waals surface area (Å²) >= 11 is 1.60. The predicted octanol–water partition coefficient (Wildman–Crippen LogP) is 2.96. The lowest BCUT2D eigenvalue weighted by molar-refractivity contribution is 0.192. The van der Waals surface area contributed by atoms with Crippen molar-refractivity contribution >= 4 is 23.1 Å². The van der Waals surface area contributed by atoms with Gasteiger partial charge in [0.15, 0.2) is 0 Å². The van der Waals surface area contributed by atoms with Crippen LogP contribution in [-0.4, -0.2) is 40.7 Å². The third-order valence-electron chi connectivity index (χ3n) is 3.04. The van der Waals surface area contributed by atoms with Gasteiger partial charge in [-0.3, -0.25) is 0 Å². The molecule has 6 heteroatoms. The van der Waals surface area contributed by atoms with Gasteiger partial charge in [-0.25, -0.2) is 9.78 Å². The summed E-state index contributed by atoms with van der Waals surface area (Å²) in [6.07, 6.45) is 0. The molecule has 112 valence electrons. The number of nitrogens with zero attached hydrogens (tertiary/aromatic N) is 2. The molecule has 0 radical (unpaired) electrons. The van der Waals surface area contributed by atoms with Gasteiger partial charge in [0.05, 0.1) is 6.61 Å². The Balaban J connectivity index is 2.04. The summed E-state index contributed by atoms with van der Waals surface area (Å²) in [6, 6.07) is 7.39. The summed E-state index contributed by atoms with van der Waals surface area (Å²) in [5.41, 5.74) is 2.78. The standard InChI is InChI=1S/C15H19N3O2S/c1-3-18(8-9-19)15(20)17-13-6-4-12(5-7-13)14-16-11(2)10-21-14/h4-7,10,19H,3,8-9H2,1-2H3,(H,17,20). The van der Waals surface area contributed by atoms with E-state index in [0.29, 0.717) is 13.1 Å². The van der Waals surface area contributed by atoms with E-state index < -0.39 is 0 Å². The number of rotatable bonds is 5. The molecule has 1 heterocycles. The van der Waals surface area contributed by atoms with Gasteiger partial charge in [-0.15, -0.1) is 11.3 Å². The lowest BCUT2D eigenvalue weighted by Crippen LogP contribution is -2.36. The predicted molar refractivity (Wildman–Crippen MR) is 85.6 cm³/mol. The van der Waals surface area contributed by atoms with E-state index in [-0.39, 0.29) is 12.6 Å². The second kappa shape index (κ2) is 7.19. The van der Waals surface area contributed by atoms with Gasteiger partial charge < -0.3 is 15.3 Å². The number of amides is 2. The molecule has 0 atom stereocenters. The second-order valence-electron chi connectivity index (χ2n) is 4.60. The zero-order valence-electron chi connectivity index (χ0n) is 12.2. The fourth-order valence-corrected chi connectivity index (χ4v) is 2.71. The fourth-order valence-electron chi connectivity index (χ4n) is 1.91. The lowest BCUT2D eigenvalue weighted by atomic mass is 10.2. The molecule has 2 aromatic rings. The van der Waals surface area contributed by atoms with Crippen LogP contribution in [0.3, 0.4) is 0 Å². The van der Waals surface area contributed by atoms with Gasteiger partial charge in [-0.1, -0.05) is 0 Å². The van der Waals surface area contributed by atoms with E-state index in [2.05, 4.69) is 10.3 Å². The SMILES string of the molecule is CCN(CCO)C(=O)Nc1ccc(-c2nc(C)cs2)cc1. The monoisotopic (exact) mass is 305 g/mol. The first-order valence-electron chi connectivity index (χ1n) is 6.83. The molecule has 0 saturated heterocycles.